The SMILES string of the molecule is CCCC(=O)Nc1ccc(C(=O)NNC(=O)COc2ccc(C)c(C)c2)cc1. The summed E-state index contributed by atoms with van der Waals surface area (Å²) >= 11 is 0. The van der Waals surface area contributed by atoms with Crippen molar-refractivity contribution in [3.8, 4) is 5.75 Å². The summed E-state index contributed by atoms with van der Waals surface area (Å²) in [4.78, 5) is 35.5. The molecule has 2 aromatic rings. The van der Waals surface area contributed by atoms with Crippen LogP contribution in [-0.4, -0.2) is 24.3 Å². The number of benzene rings is 2. The minimum absolute atomic E-state index is 0.0734. The van der Waals surface area contributed by atoms with Gasteiger partial charge in [-0.3, -0.25) is 25.2 Å². The number of amides is 3. The van der Waals surface area contributed by atoms with Gasteiger partial charge in [0.25, 0.3) is 11.8 Å². The Labute approximate surface area is 164 Å². The van der Waals surface area contributed by atoms with Gasteiger partial charge in [0.2, 0.25) is 5.91 Å². The van der Waals surface area contributed by atoms with Crippen LogP contribution in [-0.2, 0) is 9.59 Å². The second kappa shape index (κ2) is 10.1. The highest BCUT2D eigenvalue weighted by Crippen LogP contribution is 2.16. The maximum Gasteiger partial charge on any atom is 0.276 e. The van der Waals surface area contributed by atoms with Crippen LogP contribution in [0.4, 0.5) is 5.69 Å². The summed E-state index contributed by atoms with van der Waals surface area (Å²) < 4.78 is 5.41. The molecule has 148 valence electrons. The highest BCUT2D eigenvalue weighted by molar-refractivity contribution is 5.96. The molecule has 0 unspecified atom stereocenters. The first-order chi connectivity index (χ1) is 13.4. The molecule has 0 aliphatic carbocycles. The number of carbonyl (C=O) groups excluding carboxylic acids is 3. The maximum absolute atomic E-state index is 12.1. The average Bonchev–Trinajstić information content (AvgIpc) is 2.67. The molecule has 28 heavy (non-hydrogen) atoms. The van der Waals surface area contributed by atoms with Crippen LogP contribution >= 0.6 is 0 Å². The second-order valence-electron chi connectivity index (χ2n) is 6.41. The quantitative estimate of drug-likeness (QED) is 0.641. The van der Waals surface area contributed by atoms with Crippen LogP contribution in [0.3, 0.4) is 0 Å². The van der Waals surface area contributed by atoms with Gasteiger partial charge in [0.15, 0.2) is 6.61 Å². The van der Waals surface area contributed by atoms with Gasteiger partial charge in [-0.1, -0.05) is 13.0 Å². The minimum Gasteiger partial charge on any atom is -0.484 e. The fourth-order valence-electron chi connectivity index (χ4n) is 2.34. The number of nitrogens with one attached hydrogen (secondary N) is 3. The zero-order chi connectivity index (χ0) is 20.5. The van der Waals surface area contributed by atoms with Gasteiger partial charge < -0.3 is 10.1 Å². The molecule has 0 bridgehead atoms. The molecule has 0 fully saturated rings. The van der Waals surface area contributed by atoms with E-state index in [1.54, 1.807) is 30.3 Å². The topological polar surface area (TPSA) is 96.5 Å². The molecular formula is C21H25N3O4. The van der Waals surface area contributed by atoms with Crippen molar-refractivity contribution in [3.63, 3.8) is 0 Å². The molecule has 0 saturated carbocycles. The predicted octanol–water partition coefficient (Wildman–Crippen LogP) is 2.88. The van der Waals surface area contributed by atoms with E-state index in [1.807, 2.05) is 32.9 Å². The Morgan fingerprint density at radius 1 is 0.893 bits per heavy atom. The molecule has 0 heterocycles. The molecule has 0 aliphatic heterocycles. The monoisotopic (exact) mass is 383 g/mol. The molecule has 0 atom stereocenters. The second-order valence-corrected chi connectivity index (χ2v) is 6.41. The number of hydrogen-bond acceptors (Lipinski definition) is 4. The molecule has 0 spiro atoms. The molecule has 0 saturated heterocycles. The van der Waals surface area contributed by atoms with Crippen LogP contribution in [0.15, 0.2) is 42.5 Å². The Hall–Kier alpha value is -3.35. The summed E-state index contributed by atoms with van der Waals surface area (Å²) in [6, 6.07) is 11.9. The van der Waals surface area contributed by atoms with Gasteiger partial charge in [-0.2, -0.15) is 0 Å². The zero-order valence-corrected chi connectivity index (χ0v) is 16.3. The van der Waals surface area contributed by atoms with Gasteiger partial charge in [0, 0.05) is 17.7 Å². The predicted molar refractivity (Wildman–Crippen MR) is 107 cm³/mol. The largest absolute Gasteiger partial charge is 0.484 e. The summed E-state index contributed by atoms with van der Waals surface area (Å²) in [7, 11) is 0. The van der Waals surface area contributed by atoms with Crippen molar-refractivity contribution in [3.05, 3.63) is 59.2 Å². The molecule has 7 nitrogen and oxygen atoms in total. The Kier molecular flexibility index (Phi) is 7.56. The number of hydrazine groups is 1. The fraction of sp³-hybridized carbons (Fsp3) is 0.286. The highest BCUT2D eigenvalue weighted by atomic mass is 16.5. The lowest BCUT2D eigenvalue weighted by Gasteiger charge is -2.10. The average molecular weight is 383 g/mol. The normalized spacial score (nSPS) is 10.1. The van der Waals surface area contributed by atoms with Crippen LogP contribution in [0.1, 0.15) is 41.3 Å². The van der Waals surface area contributed by atoms with Gasteiger partial charge in [0.1, 0.15) is 5.75 Å². The fourth-order valence-corrected chi connectivity index (χ4v) is 2.34. The van der Waals surface area contributed by atoms with E-state index in [1.165, 1.54) is 0 Å². The van der Waals surface area contributed by atoms with Crippen molar-refractivity contribution in [2.45, 2.75) is 33.6 Å². The van der Waals surface area contributed by atoms with Crippen LogP contribution in [0.5, 0.6) is 5.75 Å². The number of hydrogen-bond donors (Lipinski definition) is 3. The number of carbonyl (C=O) groups is 3. The Balaban J connectivity index is 1.78. The van der Waals surface area contributed by atoms with E-state index >= 15 is 0 Å². The summed E-state index contributed by atoms with van der Waals surface area (Å²) in [6.45, 7) is 5.66. The van der Waals surface area contributed by atoms with Gasteiger partial charge in [-0.15, -0.1) is 0 Å². The molecule has 3 amide bonds. The Bertz CT molecular complexity index is 847. The molecule has 0 aromatic heterocycles. The molecule has 2 rings (SSSR count). The van der Waals surface area contributed by atoms with Crippen molar-refractivity contribution in [2.24, 2.45) is 0 Å². The van der Waals surface area contributed by atoms with E-state index in [-0.39, 0.29) is 12.5 Å². The van der Waals surface area contributed by atoms with Crippen LogP contribution < -0.4 is 20.9 Å². The van der Waals surface area contributed by atoms with Crippen molar-refractivity contribution >= 4 is 23.4 Å². The third kappa shape index (κ3) is 6.42. The van der Waals surface area contributed by atoms with Crippen molar-refractivity contribution in [1.29, 1.82) is 0 Å². The third-order valence-electron chi connectivity index (χ3n) is 4.07. The highest BCUT2D eigenvalue weighted by Gasteiger charge is 2.09. The van der Waals surface area contributed by atoms with E-state index in [0.29, 0.717) is 23.4 Å². The van der Waals surface area contributed by atoms with Gasteiger partial charge >= 0.3 is 0 Å². The number of anilines is 1. The van der Waals surface area contributed by atoms with Crippen molar-refractivity contribution in [2.75, 3.05) is 11.9 Å². The summed E-state index contributed by atoms with van der Waals surface area (Å²) in [5.41, 5.74) is 7.81. The molecule has 0 radical (unpaired) electrons. The molecule has 7 heteroatoms. The van der Waals surface area contributed by atoms with E-state index in [4.69, 9.17) is 4.74 Å². The van der Waals surface area contributed by atoms with Crippen LogP contribution in [0.2, 0.25) is 0 Å². The van der Waals surface area contributed by atoms with Crippen LogP contribution in [0, 0.1) is 13.8 Å². The molecule has 0 aliphatic rings. The first-order valence-electron chi connectivity index (χ1n) is 9.08. The first-order valence-corrected chi connectivity index (χ1v) is 9.08. The smallest absolute Gasteiger partial charge is 0.276 e. The standard InChI is InChI=1S/C21H25N3O4/c1-4-5-19(25)22-17-9-7-16(8-10-17)21(27)24-23-20(26)13-28-18-11-6-14(2)15(3)12-18/h6-12H,4-5,13H2,1-3H3,(H,22,25)(H,23,26)(H,24,27). The lowest BCUT2D eigenvalue weighted by molar-refractivity contribution is -0.123. The van der Waals surface area contributed by atoms with Gasteiger partial charge in [-0.05, 0) is 67.8 Å². The zero-order valence-electron chi connectivity index (χ0n) is 16.3. The summed E-state index contributed by atoms with van der Waals surface area (Å²) in [5, 5.41) is 2.74. The molecule has 3 N–H and O–H groups in total. The third-order valence-corrected chi connectivity index (χ3v) is 4.07. The van der Waals surface area contributed by atoms with Crippen LogP contribution in [0.25, 0.3) is 0 Å². The number of aryl methyl sites for hydroxylation is 2. The van der Waals surface area contributed by atoms with Gasteiger partial charge in [0.05, 0.1) is 0 Å². The summed E-state index contributed by atoms with van der Waals surface area (Å²) in [5.74, 6) is -0.429. The Morgan fingerprint density at radius 2 is 1.61 bits per heavy atom. The number of rotatable bonds is 7. The van der Waals surface area contributed by atoms with Crippen molar-refractivity contribution < 1.29 is 19.1 Å². The summed E-state index contributed by atoms with van der Waals surface area (Å²) in [6.07, 6.45) is 1.21. The van der Waals surface area contributed by atoms with Crippen molar-refractivity contribution in [1.82, 2.24) is 10.9 Å². The van der Waals surface area contributed by atoms with E-state index in [2.05, 4.69) is 16.2 Å². The van der Waals surface area contributed by atoms with E-state index < -0.39 is 11.8 Å². The van der Waals surface area contributed by atoms with E-state index in [9.17, 15) is 14.4 Å². The molecular weight excluding hydrogens is 358 g/mol. The number of ether oxygens (including phenoxy) is 1. The molecule has 2 aromatic carbocycles. The van der Waals surface area contributed by atoms with E-state index in [0.717, 1.165) is 17.5 Å². The van der Waals surface area contributed by atoms with Gasteiger partial charge in [-0.25, -0.2) is 0 Å². The first kappa shape index (κ1) is 21.0. The lowest BCUT2D eigenvalue weighted by atomic mass is 10.1. The lowest BCUT2D eigenvalue weighted by Crippen LogP contribution is -2.43. The Morgan fingerprint density at radius 3 is 2.25 bits per heavy atom. The minimum atomic E-state index is -0.477. The maximum atomic E-state index is 12.1.